The van der Waals surface area contributed by atoms with E-state index in [9.17, 15) is 13.2 Å². The quantitative estimate of drug-likeness (QED) is 0.730. The number of rotatable bonds is 3. The molecule has 0 radical (unpaired) electrons. The van der Waals surface area contributed by atoms with Gasteiger partial charge < -0.3 is 10.2 Å². The summed E-state index contributed by atoms with van der Waals surface area (Å²) in [7, 11) is -2.07. The minimum Gasteiger partial charge on any atom is -0.349 e. The van der Waals surface area contributed by atoms with Crippen molar-refractivity contribution in [1.29, 1.82) is 0 Å². The van der Waals surface area contributed by atoms with Crippen LogP contribution in [0.2, 0.25) is 0 Å². The van der Waals surface area contributed by atoms with E-state index in [-0.39, 0.29) is 23.2 Å². The summed E-state index contributed by atoms with van der Waals surface area (Å²) < 4.78 is 29.1. The molecule has 0 spiro atoms. The lowest BCUT2D eigenvalue weighted by Gasteiger charge is -2.17. The van der Waals surface area contributed by atoms with Crippen molar-refractivity contribution in [2.75, 3.05) is 18.9 Å². The minimum atomic E-state index is -3.71. The van der Waals surface area contributed by atoms with Crippen LogP contribution in [0.3, 0.4) is 0 Å². The number of anilines is 1. The number of likely N-dealkylation sites (N-methyl/N-ethyl adjacent to an activating group) is 1. The van der Waals surface area contributed by atoms with Gasteiger partial charge in [0, 0.05) is 12.6 Å². The molecule has 3 aromatic rings. The van der Waals surface area contributed by atoms with Gasteiger partial charge in [-0.2, -0.15) is 8.42 Å². The first kappa shape index (κ1) is 17.6. The van der Waals surface area contributed by atoms with Gasteiger partial charge >= 0.3 is 0 Å². The molecule has 0 aliphatic carbocycles. The summed E-state index contributed by atoms with van der Waals surface area (Å²) in [5.74, 6) is -0.0282. The van der Waals surface area contributed by atoms with Gasteiger partial charge in [-0.05, 0) is 30.7 Å². The second-order valence-corrected chi connectivity index (χ2v) is 8.83. The maximum Gasteiger partial charge on any atom is 0.285 e. The van der Waals surface area contributed by atoms with Crippen molar-refractivity contribution in [3.05, 3.63) is 53.6 Å². The third-order valence-corrected chi connectivity index (χ3v) is 6.48. The van der Waals surface area contributed by atoms with Gasteiger partial charge in [0.2, 0.25) is 5.91 Å². The summed E-state index contributed by atoms with van der Waals surface area (Å²) in [5.41, 5.74) is 2.42. The number of amidine groups is 1. The number of thiazole rings is 1. The molecule has 27 heavy (non-hydrogen) atoms. The Morgan fingerprint density at radius 1 is 1.19 bits per heavy atom. The van der Waals surface area contributed by atoms with Crippen LogP contribution >= 0.6 is 11.3 Å². The Balaban J connectivity index is 1.52. The summed E-state index contributed by atoms with van der Waals surface area (Å²) in [6.07, 6.45) is 0. The number of benzene rings is 2. The number of fused-ring (bicyclic) bond motifs is 2. The van der Waals surface area contributed by atoms with Crippen LogP contribution in [0.25, 0.3) is 10.2 Å². The van der Waals surface area contributed by atoms with Crippen LogP contribution in [0.4, 0.5) is 5.13 Å². The average molecular weight is 400 g/mol. The number of nitrogens with zero attached hydrogens (tertiary/aromatic N) is 3. The molecule has 4 rings (SSSR count). The number of carbonyl (C=O) groups excluding carboxylic acids is 1. The fourth-order valence-corrected chi connectivity index (χ4v) is 5.16. The molecule has 1 aromatic heterocycles. The maximum atomic E-state index is 12.4. The fourth-order valence-electron chi connectivity index (χ4n) is 2.95. The first-order chi connectivity index (χ1) is 12.8. The Labute approximate surface area is 160 Å². The number of aryl methyl sites for hydroxylation is 1. The van der Waals surface area contributed by atoms with Gasteiger partial charge in [-0.15, -0.1) is 4.40 Å². The molecular formula is C18H16N4O3S2. The average Bonchev–Trinajstić information content (AvgIpc) is 3.14. The van der Waals surface area contributed by atoms with Crippen LogP contribution in [0, 0.1) is 6.92 Å². The molecule has 0 atom stereocenters. The lowest BCUT2D eigenvalue weighted by Crippen LogP contribution is -2.34. The van der Waals surface area contributed by atoms with E-state index < -0.39 is 10.0 Å². The Hall–Kier alpha value is -2.78. The Bertz CT molecular complexity index is 1200. The van der Waals surface area contributed by atoms with Crippen molar-refractivity contribution in [3.63, 3.8) is 0 Å². The SMILES string of the molecule is Cc1cccc2sc(NC(=O)CN(C)C3=NS(=O)(=O)c4ccccc43)nc12. The predicted octanol–water partition coefficient (Wildman–Crippen LogP) is 2.62. The highest BCUT2D eigenvalue weighted by atomic mass is 32.2. The molecule has 0 saturated carbocycles. The van der Waals surface area contributed by atoms with Crippen molar-refractivity contribution in [2.24, 2.45) is 4.40 Å². The van der Waals surface area contributed by atoms with E-state index in [2.05, 4.69) is 14.7 Å². The second kappa shape index (κ2) is 6.43. The monoisotopic (exact) mass is 400 g/mol. The maximum absolute atomic E-state index is 12.4. The number of amides is 1. The van der Waals surface area contributed by atoms with E-state index in [1.807, 2.05) is 25.1 Å². The third kappa shape index (κ3) is 3.19. The predicted molar refractivity (Wildman–Crippen MR) is 106 cm³/mol. The van der Waals surface area contributed by atoms with E-state index in [1.165, 1.54) is 22.3 Å². The topological polar surface area (TPSA) is 91.7 Å². The van der Waals surface area contributed by atoms with Crippen LogP contribution in [-0.4, -0.2) is 43.6 Å². The zero-order valence-corrected chi connectivity index (χ0v) is 16.3. The highest BCUT2D eigenvalue weighted by Gasteiger charge is 2.31. The van der Waals surface area contributed by atoms with Crippen LogP contribution < -0.4 is 5.32 Å². The molecule has 1 amide bonds. The molecule has 138 valence electrons. The molecule has 0 fully saturated rings. The normalized spacial score (nSPS) is 14.7. The number of nitrogens with one attached hydrogen (secondary N) is 1. The van der Waals surface area contributed by atoms with Crippen LogP contribution in [-0.2, 0) is 14.8 Å². The number of hydrogen-bond donors (Lipinski definition) is 1. The van der Waals surface area contributed by atoms with Gasteiger partial charge in [0.15, 0.2) is 11.0 Å². The van der Waals surface area contributed by atoms with E-state index in [1.54, 1.807) is 25.2 Å². The second-order valence-electron chi connectivity index (χ2n) is 6.23. The Morgan fingerprint density at radius 2 is 1.96 bits per heavy atom. The molecule has 2 aromatic carbocycles. The van der Waals surface area contributed by atoms with E-state index in [0.717, 1.165) is 15.8 Å². The van der Waals surface area contributed by atoms with Gasteiger partial charge in [-0.3, -0.25) is 4.79 Å². The van der Waals surface area contributed by atoms with Crippen molar-refractivity contribution in [2.45, 2.75) is 11.8 Å². The molecule has 1 N–H and O–H groups in total. The smallest absolute Gasteiger partial charge is 0.285 e. The number of aromatic nitrogens is 1. The van der Waals surface area contributed by atoms with Gasteiger partial charge in [-0.1, -0.05) is 35.6 Å². The molecule has 1 aliphatic rings. The molecule has 2 heterocycles. The standard InChI is InChI=1S/C18H16N4O3S2/c1-11-6-5-8-13-16(11)20-18(26-13)19-15(23)10-22(2)17-12-7-3-4-9-14(12)27(24,25)21-17/h3-9H,10H2,1-2H3,(H,19,20,23). The first-order valence-electron chi connectivity index (χ1n) is 8.17. The summed E-state index contributed by atoms with van der Waals surface area (Å²) in [4.78, 5) is 18.6. The van der Waals surface area contributed by atoms with Gasteiger partial charge in [-0.25, -0.2) is 4.98 Å². The van der Waals surface area contributed by atoms with E-state index in [4.69, 9.17) is 0 Å². The molecular weight excluding hydrogens is 384 g/mol. The van der Waals surface area contributed by atoms with Crippen molar-refractivity contribution >= 4 is 48.5 Å². The summed E-state index contributed by atoms with van der Waals surface area (Å²) >= 11 is 1.40. The van der Waals surface area contributed by atoms with Crippen molar-refractivity contribution < 1.29 is 13.2 Å². The molecule has 7 nitrogen and oxygen atoms in total. The highest BCUT2D eigenvalue weighted by Crippen LogP contribution is 2.29. The highest BCUT2D eigenvalue weighted by molar-refractivity contribution is 7.90. The van der Waals surface area contributed by atoms with E-state index in [0.29, 0.717) is 10.7 Å². The van der Waals surface area contributed by atoms with Gasteiger partial charge in [0.1, 0.15) is 4.90 Å². The fraction of sp³-hybridized carbons (Fsp3) is 0.167. The Morgan fingerprint density at radius 3 is 2.74 bits per heavy atom. The number of sulfonamides is 1. The first-order valence-corrected chi connectivity index (χ1v) is 10.4. The van der Waals surface area contributed by atoms with Crippen LogP contribution in [0.5, 0.6) is 0 Å². The molecule has 1 aliphatic heterocycles. The minimum absolute atomic E-state index is 0.0441. The van der Waals surface area contributed by atoms with Crippen molar-refractivity contribution in [3.8, 4) is 0 Å². The summed E-state index contributed by atoms with van der Waals surface area (Å²) in [6, 6.07) is 12.5. The molecule has 0 bridgehead atoms. The molecule has 0 unspecified atom stereocenters. The number of para-hydroxylation sites is 1. The number of hydrogen-bond acceptors (Lipinski definition) is 6. The van der Waals surface area contributed by atoms with Crippen LogP contribution in [0.1, 0.15) is 11.1 Å². The summed E-state index contributed by atoms with van der Waals surface area (Å²) in [6.45, 7) is 1.93. The van der Waals surface area contributed by atoms with Gasteiger partial charge in [0.25, 0.3) is 10.0 Å². The van der Waals surface area contributed by atoms with Crippen molar-refractivity contribution in [1.82, 2.24) is 9.88 Å². The van der Waals surface area contributed by atoms with Crippen LogP contribution in [0.15, 0.2) is 51.8 Å². The van der Waals surface area contributed by atoms with E-state index >= 15 is 0 Å². The molecule has 0 saturated heterocycles. The Kier molecular flexibility index (Phi) is 4.20. The molecule has 9 heteroatoms. The third-order valence-electron chi connectivity index (χ3n) is 4.22. The summed E-state index contributed by atoms with van der Waals surface area (Å²) in [5, 5.41) is 3.29. The lowest BCUT2D eigenvalue weighted by atomic mass is 10.2. The lowest BCUT2D eigenvalue weighted by molar-refractivity contribution is -0.116. The largest absolute Gasteiger partial charge is 0.349 e. The zero-order valence-electron chi connectivity index (χ0n) is 14.6. The van der Waals surface area contributed by atoms with Gasteiger partial charge in [0.05, 0.1) is 16.8 Å². The zero-order chi connectivity index (χ0) is 19.2. The number of carbonyl (C=O) groups is 1.